The highest BCUT2D eigenvalue weighted by Gasteiger charge is 2.25. The number of benzene rings is 2. The van der Waals surface area contributed by atoms with E-state index in [4.69, 9.17) is 5.21 Å². The van der Waals surface area contributed by atoms with Gasteiger partial charge in [0.2, 0.25) is 0 Å². The maximum absolute atomic E-state index is 9.06. The predicted octanol–water partition coefficient (Wildman–Crippen LogP) is 4.03. The maximum Gasteiger partial charge on any atom is 0.0559 e. The smallest absolute Gasteiger partial charge is 0.0559 e. The number of oxime groups is 1. The highest BCUT2D eigenvalue weighted by Crippen LogP contribution is 2.30. The van der Waals surface area contributed by atoms with Crippen molar-refractivity contribution >= 4 is 5.71 Å². The van der Waals surface area contributed by atoms with Crippen LogP contribution >= 0.6 is 0 Å². The molecule has 0 saturated heterocycles. The van der Waals surface area contributed by atoms with Crippen molar-refractivity contribution in [3.8, 4) is 0 Å². The predicted molar refractivity (Wildman–Crippen MR) is 89.3 cm³/mol. The van der Waals surface area contributed by atoms with E-state index in [1.807, 2.05) is 13.0 Å². The van der Waals surface area contributed by atoms with Gasteiger partial charge >= 0.3 is 0 Å². The number of fused-ring (bicyclic) bond motifs is 1. The van der Waals surface area contributed by atoms with Gasteiger partial charge in [-0.1, -0.05) is 59.8 Å². The first-order valence-electron chi connectivity index (χ1n) is 7.81. The minimum atomic E-state index is 0.255. The highest BCUT2D eigenvalue weighted by atomic mass is 16.4. The van der Waals surface area contributed by atoms with Crippen molar-refractivity contribution in [2.75, 3.05) is 6.54 Å². The average Bonchev–Trinajstić information content (AvgIpc) is 2.59. The SMILES string of the molecule is C/C(C[C@@H](c1ccccc1)N1CCc2ccccc2C1)=N/O. The topological polar surface area (TPSA) is 35.8 Å². The summed E-state index contributed by atoms with van der Waals surface area (Å²) in [5.41, 5.74) is 4.92. The third kappa shape index (κ3) is 3.20. The van der Waals surface area contributed by atoms with Crippen LogP contribution in [0.1, 0.15) is 36.1 Å². The lowest BCUT2D eigenvalue weighted by atomic mass is 9.94. The van der Waals surface area contributed by atoms with Crippen LogP contribution in [0.5, 0.6) is 0 Å². The molecule has 0 aromatic heterocycles. The van der Waals surface area contributed by atoms with E-state index in [-0.39, 0.29) is 6.04 Å². The van der Waals surface area contributed by atoms with E-state index in [1.54, 1.807) is 0 Å². The Labute approximate surface area is 131 Å². The molecule has 0 bridgehead atoms. The molecule has 0 unspecified atom stereocenters. The summed E-state index contributed by atoms with van der Waals surface area (Å²) in [6, 6.07) is 19.4. The Bertz CT molecular complexity index is 651. The Kier molecular flexibility index (Phi) is 4.54. The van der Waals surface area contributed by atoms with Crippen molar-refractivity contribution in [3.63, 3.8) is 0 Å². The summed E-state index contributed by atoms with van der Waals surface area (Å²) in [5.74, 6) is 0. The van der Waals surface area contributed by atoms with Gasteiger partial charge in [-0.25, -0.2) is 0 Å². The zero-order valence-electron chi connectivity index (χ0n) is 12.9. The zero-order chi connectivity index (χ0) is 15.4. The van der Waals surface area contributed by atoms with E-state index >= 15 is 0 Å². The van der Waals surface area contributed by atoms with Crippen molar-refractivity contribution in [1.82, 2.24) is 4.90 Å². The molecule has 0 amide bonds. The molecule has 1 atom stereocenters. The van der Waals surface area contributed by atoms with Crippen LogP contribution in [0.25, 0.3) is 0 Å². The normalized spacial score (nSPS) is 17.0. The summed E-state index contributed by atoms with van der Waals surface area (Å²) in [7, 11) is 0. The molecule has 1 aliphatic heterocycles. The summed E-state index contributed by atoms with van der Waals surface area (Å²) in [6.07, 6.45) is 1.83. The van der Waals surface area contributed by atoms with Crippen molar-refractivity contribution < 1.29 is 5.21 Å². The Balaban J connectivity index is 1.87. The van der Waals surface area contributed by atoms with E-state index < -0.39 is 0 Å². The molecule has 3 heteroatoms. The molecule has 0 aliphatic carbocycles. The molecule has 0 saturated carbocycles. The summed E-state index contributed by atoms with van der Waals surface area (Å²) < 4.78 is 0. The quantitative estimate of drug-likeness (QED) is 0.525. The van der Waals surface area contributed by atoms with Crippen LogP contribution in [-0.2, 0) is 13.0 Å². The second kappa shape index (κ2) is 6.75. The first kappa shape index (κ1) is 14.8. The Hall–Kier alpha value is -2.13. The van der Waals surface area contributed by atoms with E-state index in [9.17, 15) is 0 Å². The average molecular weight is 294 g/mol. The van der Waals surface area contributed by atoms with Gasteiger partial charge in [-0.3, -0.25) is 4.90 Å². The molecule has 1 N–H and O–H groups in total. The fraction of sp³-hybridized carbons (Fsp3) is 0.316. The standard InChI is InChI=1S/C19H22N2O/c1-15(20-22)13-19(17-8-3-2-4-9-17)21-12-11-16-7-5-6-10-18(16)14-21/h2-10,19,22H,11-14H2,1H3/b20-15-/t19-/m0/s1. The number of hydrogen-bond donors (Lipinski definition) is 1. The molecule has 3 rings (SSSR count). The molecule has 1 heterocycles. The Morgan fingerprint density at radius 3 is 2.50 bits per heavy atom. The third-order valence-electron chi connectivity index (χ3n) is 4.44. The lowest BCUT2D eigenvalue weighted by Gasteiger charge is -2.36. The second-order valence-corrected chi connectivity index (χ2v) is 5.96. The molecule has 0 spiro atoms. The molecule has 0 radical (unpaired) electrons. The number of nitrogens with zero attached hydrogens (tertiary/aromatic N) is 2. The highest BCUT2D eigenvalue weighted by molar-refractivity contribution is 5.82. The molecule has 3 nitrogen and oxygen atoms in total. The van der Waals surface area contributed by atoms with Crippen LogP contribution in [0, 0.1) is 0 Å². The van der Waals surface area contributed by atoms with Gasteiger partial charge in [0.1, 0.15) is 0 Å². The summed E-state index contributed by atoms with van der Waals surface area (Å²) in [4.78, 5) is 2.49. The first-order chi connectivity index (χ1) is 10.8. The Morgan fingerprint density at radius 2 is 1.77 bits per heavy atom. The van der Waals surface area contributed by atoms with Gasteiger partial charge in [0.05, 0.1) is 5.71 Å². The van der Waals surface area contributed by atoms with Gasteiger partial charge in [0.25, 0.3) is 0 Å². The summed E-state index contributed by atoms with van der Waals surface area (Å²) >= 11 is 0. The molecule has 1 aliphatic rings. The van der Waals surface area contributed by atoms with Crippen molar-refractivity contribution in [2.45, 2.75) is 32.4 Å². The molecular weight excluding hydrogens is 272 g/mol. The van der Waals surface area contributed by atoms with E-state index in [0.717, 1.165) is 31.6 Å². The van der Waals surface area contributed by atoms with Gasteiger partial charge in [-0.05, 0) is 30.0 Å². The molecule has 2 aromatic rings. The second-order valence-electron chi connectivity index (χ2n) is 5.96. The van der Waals surface area contributed by atoms with E-state index in [2.05, 4.69) is 58.6 Å². The van der Waals surface area contributed by atoms with Crippen molar-refractivity contribution in [1.29, 1.82) is 0 Å². The lowest BCUT2D eigenvalue weighted by Crippen LogP contribution is -2.35. The molecule has 2 aromatic carbocycles. The van der Waals surface area contributed by atoms with Gasteiger partial charge in [-0.15, -0.1) is 0 Å². The van der Waals surface area contributed by atoms with Crippen LogP contribution < -0.4 is 0 Å². The molecular formula is C19H22N2O. The van der Waals surface area contributed by atoms with Crippen molar-refractivity contribution in [3.05, 3.63) is 71.3 Å². The fourth-order valence-corrected chi connectivity index (χ4v) is 3.24. The van der Waals surface area contributed by atoms with Gasteiger partial charge in [-0.2, -0.15) is 0 Å². The van der Waals surface area contributed by atoms with E-state index in [1.165, 1.54) is 16.7 Å². The van der Waals surface area contributed by atoms with E-state index in [0.29, 0.717) is 0 Å². The van der Waals surface area contributed by atoms with Gasteiger partial charge < -0.3 is 5.21 Å². The van der Waals surface area contributed by atoms with Crippen LogP contribution in [0.3, 0.4) is 0 Å². The van der Waals surface area contributed by atoms with Crippen LogP contribution in [0.4, 0.5) is 0 Å². The largest absolute Gasteiger partial charge is 0.411 e. The Morgan fingerprint density at radius 1 is 1.09 bits per heavy atom. The lowest BCUT2D eigenvalue weighted by molar-refractivity contribution is 0.182. The molecule has 22 heavy (non-hydrogen) atoms. The van der Waals surface area contributed by atoms with Crippen molar-refractivity contribution in [2.24, 2.45) is 5.16 Å². The molecule has 114 valence electrons. The van der Waals surface area contributed by atoms with Crippen LogP contribution in [0.15, 0.2) is 59.8 Å². The minimum absolute atomic E-state index is 0.255. The fourth-order valence-electron chi connectivity index (χ4n) is 3.24. The van der Waals surface area contributed by atoms with Crippen LogP contribution in [0.2, 0.25) is 0 Å². The number of rotatable bonds is 4. The molecule has 0 fully saturated rings. The number of hydrogen-bond acceptors (Lipinski definition) is 3. The maximum atomic E-state index is 9.06. The van der Waals surface area contributed by atoms with Gasteiger partial charge in [0, 0.05) is 25.6 Å². The summed E-state index contributed by atoms with van der Waals surface area (Å²) in [6.45, 7) is 3.87. The third-order valence-corrected chi connectivity index (χ3v) is 4.44. The summed E-state index contributed by atoms with van der Waals surface area (Å²) in [5, 5.41) is 12.4. The zero-order valence-corrected chi connectivity index (χ0v) is 12.9. The van der Waals surface area contributed by atoms with Crippen LogP contribution in [-0.4, -0.2) is 22.4 Å². The first-order valence-corrected chi connectivity index (χ1v) is 7.81. The monoisotopic (exact) mass is 294 g/mol. The van der Waals surface area contributed by atoms with Gasteiger partial charge in [0.15, 0.2) is 0 Å². The minimum Gasteiger partial charge on any atom is -0.411 e.